The quantitative estimate of drug-likeness (QED) is 0.737. The molecule has 0 fully saturated rings. The van der Waals surface area contributed by atoms with Gasteiger partial charge in [-0.1, -0.05) is 0 Å². The van der Waals surface area contributed by atoms with Crippen LogP contribution in [0.1, 0.15) is 38.5 Å². The number of pyridine rings is 1. The molecule has 3 N–H and O–H groups in total. The van der Waals surface area contributed by atoms with Gasteiger partial charge < -0.3 is 15.2 Å². The Morgan fingerprint density at radius 1 is 1.05 bits per heavy atom. The van der Waals surface area contributed by atoms with E-state index >= 15 is 0 Å². The van der Waals surface area contributed by atoms with Crippen molar-refractivity contribution >= 4 is 11.9 Å². The fraction of sp³-hybridized carbons (Fsp3) is 0.222. The molecule has 0 aliphatic rings. The van der Waals surface area contributed by atoms with Crippen molar-refractivity contribution in [2.75, 3.05) is 0 Å². The number of alkyl halides is 5. The van der Waals surface area contributed by atoms with Crippen LogP contribution in [0, 0.1) is 0 Å². The molecule has 1 aromatic heterocycles. The lowest BCUT2D eigenvalue weighted by Crippen LogP contribution is -2.31. The van der Waals surface area contributed by atoms with Crippen LogP contribution in [-0.4, -0.2) is 27.1 Å². The second-order valence-corrected chi connectivity index (χ2v) is 3.40. The van der Waals surface area contributed by atoms with Crippen LogP contribution in [0.4, 0.5) is 22.0 Å². The van der Waals surface area contributed by atoms with Crippen LogP contribution in [-0.2, 0) is 6.18 Å². The highest BCUT2D eigenvalue weighted by molar-refractivity contribution is 5.95. The lowest BCUT2D eigenvalue weighted by atomic mass is 10.1. The van der Waals surface area contributed by atoms with Gasteiger partial charge >= 0.3 is 18.1 Å². The first kappa shape index (κ1) is 15.6. The standard InChI is InChI=1S/C9H4F5NO5/c10-6(11)3-1(7(17)18)4(16)2(8(19)20)5(15-3)9(12,13)14/h6H,(H,15,16)(H,17,18)(H,19,20). The first-order chi connectivity index (χ1) is 8.98. The summed E-state index contributed by atoms with van der Waals surface area (Å²) in [5.41, 5.74) is -9.90. The van der Waals surface area contributed by atoms with E-state index in [1.807, 2.05) is 0 Å². The van der Waals surface area contributed by atoms with Crippen molar-refractivity contribution in [1.82, 2.24) is 4.98 Å². The molecule has 1 aromatic rings. The maximum absolute atomic E-state index is 12.5. The zero-order valence-corrected chi connectivity index (χ0v) is 9.09. The van der Waals surface area contributed by atoms with Gasteiger partial charge in [0, 0.05) is 0 Å². The zero-order chi connectivity index (χ0) is 15.8. The second-order valence-electron chi connectivity index (χ2n) is 3.40. The first-order valence-electron chi connectivity index (χ1n) is 4.60. The molecule has 0 aliphatic heterocycles. The molecule has 0 bridgehead atoms. The minimum Gasteiger partial charge on any atom is -0.477 e. The largest absolute Gasteiger partial charge is 0.477 e. The maximum atomic E-state index is 12.5. The van der Waals surface area contributed by atoms with E-state index in [0.29, 0.717) is 0 Å². The number of carbonyl (C=O) groups is 2. The third-order valence-electron chi connectivity index (χ3n) is 2.16. The number of nitrogens with one attached hydrogen (secondary N) is 1. The molecule has 0 saturated heterocycles. The Labute approximate surface area is 105 Å². The number of aromatic nitrogens is 1. The van der Waals surface area contributed by atoms with Gasteiger partial charge in [0.25, 0.3) is 6.43 Å². The summed E-state index contributed by atoms with van der Waals surface area (Å²) in [7, 11) is 0. The minimum absolute atomic E-state index is 0.988. The van der Waals surface area contributed by atoms with E-state index in [1.54, 1.807) is 0 Å². The highest BCUT2D eigenvalue weighted by atomic mass is 19.4. The van der Waals surface area contributed by atoms with Crippen LogP contribution in [0.3, 0.4) is 0 Å². The van der Waals surface area contributed by atoms with Crippen LogP contribution in [0.25, 0.3) is 0 Å². The lowest BCUT2D eigenvalue weighted by Gasteiger charge is -2.13. The van der Waals surface area contributed by atoms with Gasteiger partial charge in [-0.25, -0.2) is 18.4 Å². The molecule has 1 rings (SSSR count). The zero-order valence-electron chi connectivity index (χ0n) is 9.09. The van der Waals surface area contributed by atoms with Gasteiger partial charge in [-0.2, -0.15) is 13.2 Å². The molecule has 1 heterocycles. The number of H-pyrrole nitrogens is 1. The molecule has 20 heavy (non-hydrogen) atoms. The normalized spacial score (nSPS) is 11.7. The van der Waals surface area contributed by atoms with Crippen molar-refractivity contribution in [2.24, 2.45) is 0 Å². The van der Waals surface area contributed by atoms with Crippen LogP contribution < -0.4 is 5.43 Å². The Morgan fingerprint density at radius 2 is 1.50 bits per heavy atom. The summed E-state index contributed by atoms with van der Waals surface area (Å²) in [5, 5.41) is 17.1. The smallest absolute Gasteiger partial charge is 0.432 e. The number of aromatic amines is 1. The van der Waals surface area contributed by atoms with Crippen LogP contribution in [0.2, 0.25) is 0 Å². The highest BCUT2D eigenvalue weighted by Crippen LogP contribution is 2.31. The van der Waals surface area contributed by atoms with Gasteiger partial charge in [-0.3, -0.25) is 4.79 Å². The van der Waals surface area contributed by atoms with Crippen LogP contribution in [0.5, 0.6) is 0 Å². The fourth-order valence-electron chi connectivity index (χ4n) is 1.41. The number of rotatable bonds is 3. The molecule has 0 amide bonds. The molecular weight excluding hydrogens is 297 g/mol. The Kier molecular flexibility index (Phi) is 3.82. The minimum atomic E-state index is -5.45. The SMILES string of the molecule is O=C(O)c1c(C(F)F)[nH]c(C(F)(F)F)c(C(=O)O)c1=O. The molecule has 0 saturated carbocycles. The van der Waals surface area contributed by atoms with E-state index in [0.717, 1.165) is 4.98 Å². The number of hydrogen-bond donors (Lipinski definition) is 3. The molecule has 0 aliphatic carbocycles. The van der Waals surface area contributed by atoms with E-state index in [1.165, 1.54) is 0 Å². The number of carboxylic acids is 2. The second kappa shape index (κ2) is 4.90. The molecule has 0 unspecified atom stereocenters. The van der Waals surface area contributed by atoms with E-state index < -0.39 is 52.5 Å². The average molecular weight is 301 g/mol. The summed E-state index contributed by atoms with van der Waals surface area (Å²) in [6, 6.07) is 0. The van der Waals surface area contributed by atoms with Crippen molar-refractivity contribution < 1.29 is 41.8 Å². The molecule has 0 atom stereocenters. The summed E-state index contributed by atoms with van der Waals surface area (Å²) < 4.78 is 62.7. The Hall–Kier alpha value is -2.46. The fourth-order valence-corrected chi connectivity index (χ4v) is 1.41. The topological polar surface area (TPSA) is 107 Å². The van der Waals surface area contributed by atoms with Crippen LogP contribution >= 0.6 is 0 Å². The predicted octanol–water partition coefficient (Wildman–Crippen LogP) is 1.73. The maximum Gasteiger partial charge on any atom is 0.432 e. The Morgan fingerprint density at radius 3 is 1.80 bits per heavy atom. The van der Waals surface area contributed by atoms with E-state index in [4.69, 9.17) is 10.2 Å². The summed E-state index contributed by atoms with van der Waals surface area (Å²) in [6.07, 6.45) is -9.19. The molecule has 6 nitrogen and oxygen atoms in total. The highest BCUT2D eigenvalue weighted by Gasteiger charge is 2.41. The van der Waals surface area contributed by atoms with E-state index in [-0.39, 0.29) is 0 Å². The van der Waals surface area contributed by atoms with Crippen molar-refractivity contribution in [1.29, 1.82) is 0 Å². The third-order valence-corrected chi connectivity index (χ3v) is 2.16. The van der Waals surface area contributed by atoms with Gasteiger partial charge in [-0.15, -0.1) is 0 Å². The number of halogens is 5. The molecular formula is C9H4F5NO5. The Balaban J connectivity index is 3.95. The molecule has 0 radical (unpaired) electrons. The number of hydrogen-bond acceptors (Lipinski definition) is 3. The van der Waals surface area contributed by atoms with Crippen LogP contribution in [0.15, 0.2) is 4.79 Å². The van der Waals surface area contributed by atoms with Gasteiger partial charge in [0.2, 0.25) is 5.43 Å². The number of carboxylic acid groups (broad SMARTS) is 2. The monoisotopic (exact) mass is 301 g/mol. The summed E-state index contributed by atoms with van der Waals surface area (Å²) in [6.45, 7) is 0. The Bertz CT molecular complexity index is 633. The molecule has 0 aromatic carbocycles. The van der Waals surface area contributed by atoms with E-state index in [2.05, 4.69) is 0 Å². The van der Waals surface area contributed by atoms with Crippen molar-refractivity contribution in [3.8, 4) is 0 Å². The van der Waals surface area contributed by atoms with Gasteiger partial charge in [0.1, 0.15) is 22.5 Å². The molecule has 110 valence electrons. The first-order valence-corrected chi connectivity index (χ1v) is 4.60. The van der Waals surface area contributed by atoms with E-state index in [9.17, 15) is 36.3 Å². The summed E-state index contributed by atoms with van der Waals surface area (Å²) in [4.78, 5) is 33.7. The lowest BCUT2D eigenvalue weighted by molar-refractivity contribution is -0.142. The van der Waals surface area contributed by atoms with Crippen molar-refractivity contribution in [3.05, 3.63) is 32.7 Å². The third kappa shape index (κ3) is 2.60. The number of aromatic carboxylic acids is 2. The van der Waals surface area contributed by atoms with Gasteiger partial charge in [-0.05, 0) is 0 Å². The molecule has 11 heteroatoms. The van der Waals surface area contributed by atoms with Crippen molar-refractivity contribution in [3.63, 3.8) is 0 Å². The van der Waals surface area contributed by atoms with Gasteiger partial charge in [0.05, 0.1) is 0 Å². The van der Waals surface area contributed by atoms with Crippen molar-refractivity contribution in [2.45, 2.75) is 12.6 Å². The molecule has 0 spiro atoms. The predicted molar refractivity (Wildman–Crippen MR) is 50.9 cm³/mol. The average Bonchev–Trinajstić information content (AvgIpc) is 2.24. The van der Waals surface area contributed by atoms with Gasteiger partial charge in [0.15, 0.2) is 0 Å². The summed E-state index contributed by atoms with van der Waals surface area (Å²) >= 11 is 0. The summed E-state index contributed by atoms with van der Waals surface area (Å²) in [5.74, 6) is -4.65.